The lowest BCUT2D eigenvalue weighted by molar-refractivity contribution is -0.254. The largest absolute Gasteiger partial charge is 0.507 e. The van der Waals surface area contributed by atoms with Crippen molar-refractivity contribution in [2.75, 3.05) is 0 Å². The molecule has 1 fully saturated rings. The van der Waals surface area contributed by atoms with Crippen LogP contribution in [0.2, 0.25) is 0 Å². The summed E-state index contributed by atoms with van der Waals surface area (Å²) in [6, 6.07) is 0. The van der Waals surface area contributed by atoms with Gasteiger partial charge in [-0.3, -0.25) is 19.2 Å². The van der Waals surface area contributed by atoms with Crippen molar-refractivity contribution in [2.24, 2.45) is 29.6 Å². The highest BCUT2D eigenvalue weighted by Crippen LogP contribution is 2.42. The van der Waals surface area contributed by atoms with Gasteiger partial charge in [0, 0.05) is 40.9 Å². The molecule has 10 unspecified atom stereocenters. The van der Waals surface area contributed by atoms with Crippen LogP contribution in [0.3, 0.4) is 0 Å². The predicted octanol–water partition coefficient (Wildman–Crippen LogP) is 2.39. The monoisotopic (exact) mass is 653 g/mol. The van der Waals surface area contributed by atoms with Crippen LogP contribution in [0.25, 0.3) is 0 Å². The van der Waals surface area contributed by atoms with Gasteiger partial charge in [0.15, 0.2) is 17.9 Å². The Hall–Kier alpha value is -3.94. The van der Waals surface area contributed by atoms with Crippen molar-refractivity contribution in [3.63, 3.8) is 0 Å². The molecule has 0 saturated carbocycles. The molecule has 1 aromatic carbocycles. The van der Waals surface area contributed by atoms with Gasteiger partial charge < -0.3 is 40.7 Å². The second-order valence-corrected chi connectivity index (χ2v) is 13.0. The Morgan fingerprint density at radius 2 is 1.30 bits per heavy atom. The summed E-state index contributed by atoms with van der Waals surface area (Å²) in [5.41, 5.74) is -2.37. The third-order valence-corrected chi connectivity index (χ3v) is 9.82. The van der Waals surface area contributed by atoms with E-state index < -0.39 is 117 Å². The van der Waals surface area contributed by atoms with Gasteiger partial charge >= 0.3 is 0 Å². The number of aromatic hydroxyl groups is 2. The molecule has 7 rings (SSSR count). The van der Waals surface area contributed by atoms with Gasteiger partial charge in [-0.05, 0) is 26.3 Å². The number of ketones is 3. The van der Waals surface area contributed by atoms with E-state index in [2.05, 4.69) is 5.32 Å². The van der Waals surface area contributed by atoms with E-state index in [9.17, 15) is 49.8 Å². The zero-order chi connectivity index (χ0) is 35.2. The first-order chi connectivity index (χ1) is 21.9. The van der Waals surface area contributed by atoms with Gasteiger partial charge in [0.05, 0.1) is 52.7 Å². The lowest BCUT2D eigenvalue weighted by atomic mass is 9.75. The number of carbonyl (C=O) groups excluding carboxylic acids is 4. The van der Waals surface area contributed by atoms with E-state index in [1.54, 1.807) is 33.8 Å². The third kappa shape index (κ3) is 6.48. The number of nitrogens with one attached hydrogen (secondary N) is 1. The van der Waals surface area contributed by atoms with Crippen LogP contribution in [0.1, 0.15) is 78.2 Å². The lowest BCUT2D eigenvalue weighted by Crippen LogP contribution is -2.54. The summed E-state index contributed by atoms with van der Waals surface area (Å²) in [7, 11) is 0. The third-order valence-electron chi connectivity index (χ3n) is 9.82. The molecule has 254 valence electrons. The number of aliphatic hydroxyl groups is 4. The topological polar surface area (TPSA) is 211 Å². The van der Waals surface area contributed by atoms with Crippen LogP contribution in [0.4, 0.5) is 0 Å². The van der Waals surface area contributed by atoms with Crippen LogP contribution in [-0.2, 0) is 9.53 Å². The number of benzene rings is 1. The van der Waals surface area contributed by atoms with Gasteiger partial charge in [-0.15, -0.1) is 0 Å². The summed E-state index contributed by atoms with van der Waals surface area (Å²) in [4.78, 5) is 53.8. The fourth-order valence-corrected chi connectivity index (χ4v) is 6.61. The zero-order valence-corrected chi connectivity index (χ0v) is 27.4. The SMILES string of the molecule is CC1=CC=CC(C)C(O)C(C)C(O)C(C)C2OC(O)C(C=C(C)C(=O)c3c(O)c(C)c(O)c4c3C(=O)C=C(NC1=O)C4=O)C(O)C2C. The number of hydrogen-bond acceptors (Lipinski definition) is 11. The van der Waals surface area contributed by atoms with E-state index in [0.717, 1.165) is 6.08 Å². The maximum Gasteiger partial charge on any atom is 0.251 e. The summed E-state index contributed by atoms with van der Waals surface area (Å²) >= 11 is 0. The Balaban J connectivity index is 1.88. The molecule has 0 aromatic heterocycles. The van der Waals surface area contributed by atoms with E-state index in [0.29, 0.717) is 0 Å². The Morgan fingerprint density at radius 1 is 0.723 bits per heavy atom. The van der Waals surface area contributed by atoms with Crippen molar-refractivity contribution in [3.05, 3.63) is 69.5 Å². The molecule has 7 N–H and O–H groups in total. The van der Waals surface area contributed by atoms with Gasteiger partial charge in [0.25, 0.3) is 5.91 Å². The zero-order valence-electron chi connectivity index (χ0n) is 27.4. The van der Waals surface area contributed by atoms with Gasteiger partial charge in [0.1, 0.15) is 11.5 Å². The van der Waals surface area contributed by atoms with Crippen LogP contribution < -0.4 is 5.32 Å². The highest BCUT2D eigenvalue weighted by atomic mass is 16.6. The fraction of sp³-hybridized carbons (Fsp3) is 0.486. The first-order valence-corrected chi connectivity index (χ1v) is 15.6. The number of aliphatic hydroxyl groups excluding tert-OH is 4. The number of ether oxygens (including phenoxy) is 1. The van der Waals surface area contributed by atoms with E-state index in [-0.39, 0.29) is 16.7 Å². The molecule has 1 amide bonds. The number of phenolic OH excluding ortho intramolecular Hbond substituents is 2. The molecule has 12 heteroatoms. The minimum atomic E-state index is -1.62. The number of hydrogen-bond donors (Lipinski definition) is 7. The van der Waals surface area contributed by atoms with Gasteiger partial charge in [-0.2, -0.15) is 0 Å². The average Bonchev–Trinajstić information content (AvgIpc) is 3.03. The van der Waals surface area contributed by atoms with Crippen LogP contribution >= 0.6 is 0 Å². The van der Waals surface area contributed by atoms with E-state index in [1.165, 1.54) is 39.0 Å². The van der Waals surface area contributed by atoms with Gasteiger partial charge in [-0.1, -0.05) is 52.0 Å². The van der Waals surface area contributed by atoms with Crippen molar-refractivity contribution < 1.29 is 54.6 Å². The summed E-state index contributed by atoms with van der Waals surface area (Å²) < 4.78 is 5.89. The van der Waals surface area contributed by atoms with E-state index in [1.807, 2.05) is 0 Å². The Kier molecular flexibility index (Phi) is 10.4. The number of rotatable bonds is 0. The first-order valence-electron chi connectivity index (χ1n) is 15.6. The molecule has 6 aliphatic rings. The van der Waals surface area contributed by atoms with Crippen LogP contribution in [0.5, 0.6) is 11.5 Å². The van der Waals surface area contributed by atoms with Crippen LogP contribution in [-0.4, -0.2) is 84.6 Å². The fourth-order valence-electron chi connectivity index (χ4n) is 6.61. The van der Waals surface area contributed by atoms with Crippen LogP contribution in [0.15, 0.2) is 47.2 Å². The molecular formula is C35H43NO11. The Labute approximate surface area is 272 Å². The van der Waals surface area contributed by atoms with E-state index in [4.69, 9.17) is 4.74 Å². The Morgan fingerprint density at radius 3 is 1.91 bits per heavy atom. The minimum Gasteiger partial charge on any atom is -0.507 e. The Bertz CT molecular complexity index is 1620. The molecule has 0 radical (unpaired) electrons. The summed E-state index contributed by atoms with van der Waals surface area (Å²) in [6.45, 7) is 10.8. The van der Waals surface area contributed by atoms with Crippen molar-refractivity contribution in [3.8, 4) is 11.5 Å². The predicted molar refractivity (Wildman–Crippen MR) is 169 cm³/mol. The normalized spacial score (nSPS) is 34.1. The molecule has 1 aliphatic carbocycles. The number of phenols is 2. The highest BCUT2D eigenvalue weighted by Gasteiger charge is 2.46. The summed E-state index contributed by atoms with van der Waals surface area (Å²) in [5, 5.41) is 68.7. The van der Waals surface area contributed by atoms with Gasteiger partial charge in [-0.25, -0.2) is 0 Å². The van der Waals surface area contributed by atoms with Crippen LogP contribution in [0, 0.1) is 36.5 Å². The second kappa shape index (κ2) is 13.7. The van der Waals surface area contributed by atoms with Crippen molar-refractivity contribution >= 4 is 23.3 Å². The molecule has 5 heterocycles. The summed E-state index contributed by atoms with van der Waals surface area (Å²) in [5.74, 6) is -8.62. The van der Waals surface area contributed by atoms with Crippen molar-refractivity contribution in [2.45, 2.75) is 79.2 Å². The lowest BCUT2D eigenvalue weighted by Gasteiger charge is -2.45. The molecule has 10 atom stereocenters. The maximum absolute atomic E-state index is 13.8. The number of Topliss-reactive ketones (excluding diaryl/α,β-unsaturated/α-hetero) is 2. The number of carbonyl (C=O) groups is 4. The first kappa shape index (κ1) is 35.9. The summed E-state index contributed by atoms with van der Waals surface area (Å²) in [6.07, 6.45) is 0.789. The molecule has 6 bridgehead atoms. The maximum atomic E-state index is 13.8. The molecule has 47 heavy (non-hydrogen) atoms. The average molecular weight is 654 g/mol. The van der Waals surface area contributed by atoms with Crippen molar-refractivity contribution in [1.82, 2.24) is 5.32 Å². The number of amides is 1. The highest BCUT2D eigenvalue weighted by molar-refractivity contribution is 6.31. The molecule has 1 aromatic rings. The minimum absolute atomic E-state index is 0.112. The molecular weight excluding hydrogens is 610 g/mol. The number of allylic oxidation sites excluding steroid dienone is 5. The van der Waals surface area contributed by atoms with E-state index >= 15 is 0 Å². The second-order valence-electron chi connectivity index (χ2n) is 13.0. The molecule has 5 aliphatic heterocycles. The molecule has 12 nitrogen and oxygen atoms in total. The molecule has 0 spiro atoms. The quantitative estimate of drug-likeness (QED) is 0.216. The molecule has 1 saturated heterocycles. The van der Waals surface area contributed by atoms with Crippen molar-refractivity contribution in [1.29, 1.82) is 0 Å². The smallest absolute Gasteiger partial charge is 0.251 e. The van der Waals surface area contributed by atoms with Gasteiger partial charge in [0.2, 0.25) is 5.78 Å². The standard InChI is InChI=1S/C35H43NO11/c1-13-9-8-10-14(2)34(45)36-21-12-22(37)23-24(30(42)17(5)31(43)25(23)32(21)44)27(39)15(3)11-20-29(41)19(7)33(47-35(20)46)18(6)28(40)16(4)26(13)38/h8-13,16,18-20,26,28-29,33,35,38,40-43,46H,1-7H3,(H,36,45).